The number of aliphatic carboxylic acids is 1. The lowest BCUT2D eigenvalue weighted by Gasteiger charge is -2.23. The molecular formula is C13H10NO4S2-. The van der Waals surface area contributed by atoms with E-state index in [0.29, 0.717) is 10.5 Å². The van der Waals surface area contributed by atoms with Crippen molar-refractivity contribution < 1.29 is 19.8 Å². The fourth-order valence-corrected chi connectivity index (χ4v) is 3.06. The van der Waals surface area contributed by atoms with Gasteiger partial charge in [0.25, 0.3) is 5.91 Å². The first-order valence-corrected chi connectivity index (χ1v) is 6.89. The molecule has 0 radical (unpaired) electrons. The number of thiocarbonyl (C=S) groups is 1. The van der Waals surface area contributed by atoms with Gasteiger partial charge in [-0.05, 0) is 30.7 Å². The fraction of sp³-hybridized carbons (Fsp3) is 0.154. The standard InChI is InChI=1S/C13H11NO4S2/c1-7(12(17)18)14-11(16)10(20-13(14)19)6-8-2-4-9(15)5-3-8/h2-7,15H,1H3,(H,17,18)/p-1/t7-/m1/s1. The topological polar surface area (TPSA) is 80.7 Å². The van der Waals surface area contributed by atoms with Gasteiger partial charge in [0, 0.05) is 0 Å². The molecule has 2 rings (SSSR count). The highest BCUT2D eigenvalue weighted by Gasteiger charge is 2.35. The van der Waals surface area contributed by atoms with E-state index in [-0.39, 0.29) is 10.1 Å². The zero-order valence-corrected chi connectivity index (χ0v) is 12.0. The lowest BCUT2D eigenvalue weighted by atomic mass is 10.2. The summed E-state index contributed by atoms with van der Waals surface area (Å²) in [5.41, 5.74) is 0.712. The minimum atomic E-state index is -1.35. The monoisotopic (exact) mass is 308 g/mol. The third kappa shape index (κ3) is 2.83. The van der Waals surface area contributed by atoms with E-state index in [1.165, 1.54) is 19.1 Å². The van der Waals surface area contributed by atoms with Crippen LogP contribution in [0.1, 0.15) is 12.5 Å². The first kappa shape index (κ1) is 14.5. The van der Waals surface area contributed by atoms with Crippen LogP contribution in [0.4, 0.5) is 0 Å². The number of benzene rings is 1. The molecule has 1 heterocycles. The largest absolute Gasteiger partial charge is 0.548 e. The second kappa shape index (κ2) is 5.64. The Morgan fingerprint density at radius 3 is 2.60 bits per heavy atom. The number of carboxylic acid groups (broad SMARTS) is 1. The van der Waals surface area contributed by atoms with Crippen LogP contribution in [0, 0.1) is 0 Å². The molecule has 0 unspecified atom stereocenters. The molecule has 1 aromatic rings. The Morgan fingerprint density at radius 2 is 2.05 bits per heavy atom. The van der Waals surface area contributed by atoms with E-state index >= 15 is 0 Å². The highest BCUT2D eigenvalue weighted by Crippen LogP contribution is 2.33. The van der Waals surface area contributed by atoms with Crippen LogP contribution in [-0.2, 0) is 9.59 Å². The first-order chi connectivity index (χ1) is 9.40. The molecule has 1 aromatic carbocycles. The van der Waals surface area contributed by atoms with E-state index in [2.05, 4.69) is 0 Å². The molecule has 1 aliphatic rings. The van der Waals surface area contributed by atoms with Crippen LogP contribution in [0.5, 0.6) is 5.75 Å². The minimum Gasteiger partial charge on any atom is -0.548 e. The average molecular weight is 308 g/mol. The predicted octanol–water partition coefficient (Wildman–Crippen LogP) is 0.732. The Bertz CT molecular complexity index is 609. The number of rotatable bonds is 3. The highest BCUT2D eigenvalue weighted by atomic mass is 32.2. The van der Waals surface area contributed by atoms with E-state index in [9.17, 15) is 19.8 Å². The Kier molecular flexibility index (Phi) is 4.10. The van der Waals surface area contributed by atoms with Crippen molar-refractivity contribution in [1.29, 1.82) is 0 Å². The maximum absolute atomic E-state index is 12.1. The quantitative estimate of drug-likeness (QED) is 0.655. The molecule has 0 aliphatic carbocycles. The van der Waals surface area contributed by atoms with Crippen LogP contribution in [0.25, 0.3) is 6.08 Å². The van der Waals surface area contributed by atoms with Crippen molar-refractivity contribution in [2.75, 3.05) is 0 Å². The number of nitrogens with zero attached hydrogens (tertiary/aromatic N) is 1. The Labute approximate surface area is 124 Å². The number of carboxylic acids is 1. The second-order valence-electron chi connectivity index (χ2n) is 4.14. The van der Waals surface area contributed by atoms with Gasteiger partial charge >= 0.3 is 0 Å². The van der Waals surface area contributed by atoms with Gasteiger partial charge in [-0.1, -0.05) is 36.1 Å². The molecule has 20 heavy (non-hydrogen) atoms. The molecule has 0 bridgehead atoms. The van der Waals surface area contributed by atoms with Gasteiger partial charge in [-0.15, -0.1) is 0 Å². The van der Waals surface area contributed by atoms with E-state index in [1.54, 1.807) is 18.2 Å². The van der Waals surface area contributed by atoms with Crippen molar-refractivity contribution in [3.8, 4) is 5.75 Å². The number of amides is 1. The van der Waals surface area contributed by atoms with Gasteiger partial charge in [0.15, 0.2) is 0 Å². The fourth-order valence-electron chi connectivity index (χ4n) is 1.64. The highest BCUT2D eigenvalue weighted by molar-refractivity contribution is 8.26. The van der Waals surface area contributed by atoms with E-state index in [0.717, 1.165) is 16.7 Å². The number of hydrogen-bond acceptors (Lipinski definition) is 6. The van der Waals surface area contributed by atoms with Crippen LogP contribution in [0.3, 0.4) is 0 Å². The molecule has 1 amide bonds. The van der Waals surface area contributed by atoms with Crippen LogP contribution in [0.15, 0.2) is 29.2 Å². The van der Waals surface area contributed by atoms with Crippen LogP contribution in [0.2, 0.25) is 0 Å². The van der Waals surface area contributed by atoms with Crippen molar-refractivity contribution >= 4 is 46.3 Å². The summed E-state index contributed by atoms with van der Waals surface area (Å²) in [6, 6.07) is 5.18. The smallest absolute Gasteiger partial charge is 0.266 e. The third-order valence-corrected chi connectivity index (χ3v) is 4.07. The molecule has 0 saturated carbocycles. The SMILES string of the molecule is C[C@H](C(=O)[O-])N1C(=O)C(=Cc2ccc(O)cc2)SC1=S. The molecule has 7 heteroatoms. The molecule has 5 nitrogen and oxygen atoms in total. The molecule has 1 aliphatic heterocycles. The molecule has 0 spiro atoms. The van der Waals surface area contributed by atoms with Gasteiger partial charge < -0.3 is 15.0 Å². The summed E-state index contributed by atoms with van der Waals surface area (Å²) in [4.78, 5) is 24.4. The van der Waals surface area contributed by atoms with Crippen molar-refractivity contribution in [2.24, 2.45) is 0 Å². The van der Waals surface area contributed by atoms with Crippen molar-refractivity contribution in [2.45, 2.75) is 13.0 Å². The average Bonchev–Trinajstić information content (AvgIpc) is 2.66. The summed E-state index contributed by atoms with van der Waals surface area (Å²) in [5.74, 6) is -1.68. The van der Waals surface area contributed by atoms with Crippen molar-refractivity contribution in [3.63, 3.8) is 0 Å². The maximum atomic E-state index is 12.1. The van der Waals surface area contributed by atoms with Gasteiger partial charge in [-0.25, -0.2) is 0 Å². The summed E-state index contributed by atoms with van der Waals surface area (Å²) in [7, 11) is 0. The Balaban J connectivity index is 2.28. The van der Waals surface area contributed by atoms with Gasteiger partial charge in [-0.2, -0.15) is 0 Å². The van der Waals surface area contributed by atoms with E-state index in [1.807, 2.05) is 0 Å². The van der Waals surface area contributed by atoms with E-state index < -0.39 is 17.9 Å². The lowest BCUT2D eigenvalue weighted by molar-refractivity contribution is -0.309. The minimum absolute atomic E-state index is 0.125. The van der Waals surface area contributed by atoms with E-state index in [4.69, 9.17) is 12.2 Å². The summed E-state index contributed by atoms with van der Waals surface area (Å²) in [6.45, 7) is 1.35. The number of thioether (sulfide) groups is 1. The molecule has 0 aromatic heterocycles. The number of phenolic OH excluding ortho intramolecular Hbond substituents is 1. The van der Waals surface area contributed by atoms with Crippen molar-refractivity contribution in [3.05, 3.63) is 34.7 Å². The molecule has 1 fully saturated rings. The van der Waals surface area contributed by atoms with Crippen LogP contribution < -0.4 is 5.11 Å². The normalized spacial score (nSPS) is 18.6. The molecule has 1 N–H and O–H groups in total. The summed E-state index contributed by atoms with van der Waals surface area (Å²) >= 11 is 6.07. The number of carbonyl (C=O) groups is 2. The molecule has 104 valence electrons. The lowest BCUT2D eigenvalue weighted by Crippen LogP contribution is -2.48. The van der Waals surface area contributed by atoms with Gasteiger partial charge in [-0.3, -0.25) is 9.69 Å². The van der Waals surface area contributed by atoms with Crippen LogP contribution in [-0.4, -0.2) is 32.2 Å². The molecule has 1 atom stereocenters. The van der Waals surface area contributed by atoms with Gasteiger partial charge in [0.2, 0.25) is 0 Å². The number of carbonyl (C=O) groups excluding carboxylic acids is 2. The first-order valence-electron chi connectivity index (χ1n) is 5.67. The summed E-state index contributed by atoms with van der Waals surface area (Å²) < 4.78 is 0.191. The molecular weight excluding hydrogens is 298 g/mol. The molecule has 1 saturated heterocycles. The summed E-state index contributed by atoms with van der Waals surface area (Å²) in [6.07, 6.45) is 1.60. The van der Waals surface area contributed by atoms with Gasteiger partial charge in [0.1, 0.15) is 10.1 Å². The number of hydrogen-bond donors (Lipinski definition) is 1. The third-order valence-electron chi connectivity index (χ3n) is 2.74. The van der Waals surface area contributed by atoms with Crippen LogP contribution >= 0.6 is 24.0 Å². The second-order valence-corrected chi connectivity index (χ2v) is 5.81. The zero-order valence-electron chi connectivity index (χ0n) is 10.4. The Hall–Kier alpha value is -1.86. The number of aromatic hydroxyl groups is 1. The summed E-state index contributed by atoms with van der Waals surface area (Å²) in [5, 5.41) is 20.1. The van der Waals surface area contributed by atoms with Crippen molar-refractivity contribution in [1.82, 2.24) is 4.90 Å². The Morgan fingerprint density at radius 1 is 1.45 bits per heavy atom. The zero-order chi connectivity index (χ0) is 14.9. The number of phenols is 1. The maximum Gasteiger partial charge on any atom is 0.266 e. The predicted molar refractivity (Wildman–Crippen MR) is 77.6 cm³/mol. The van der Waals surface area contributed by atoms with Gasteiger partial charge in [0.05, 0.1) is 16.9 Å².